The van der Waals surface area contributed by atoms with Gasteiger partial charge >= 0.3 is 5.97 Å². The van der Waals surface area contributed by atoms with Crippen molar-refractivity contribution in [3.8, 4) is 0 Å². The number of rotatable bonds is 7. The van der Waals surface area contributed by atoms with E-state index in [1.54, 1.807) is 0 Å². The van der Waals surface area contributed by atoms with Crippen LogP contribution in [0.25, 0.3) is 0 Å². The zero-order valence-corrected chi connectivity index (χ0v) is 15.7. The molecule has 1 saturated heterocycles. The van der Waals surface area contributed by atoms with Crippen molar-refractivity contribution in [3.63, 3.8) is 0 Å². The average Bonchev–Trinajstić information content (AvgIpc) is 2.72. The van der Waals surface area contributed by atoms with Crippen molar-refractivity contribution in [2.45, 2.75) is 60.8 Å². The van der Waals surface area contributed by atoms with Crippen molar-refractivity contribution in [2.75, 3.05) is 13.1 Å². The van der Waals surface area contributed by atoms with E-state index in [1.165, 1.54) is 6.42 Å². The molecule has 5 nitrogen and oxygen atoms in total. The van der Waals surface area contributed by atoms with E-state index in [0.717, 1.165) is 25.3 Å². The maximum atomic E-state index is 10.7. The van der Waals surface area contributed by atoms with Gasteiger partial charge in [0.05, 0.1) is 0 Å². The molecule has 0 aliphatic carbocycles. The Morgan fingerprint density at radius 3 is 2.17 bits per heavy atom. The van der Waals surface area contributed by atoms with Gasteiger partial charge in [0, 0.05) is 37.9 Å². The van der Waals surface area contributed by atoms with Gasteiger partial charge in [0.1, 0.15) is 0 Å². The predicted octanol–water partition coefficient (Wildman–Crippen LogP) is 2.88. The molecule has 1 fully saturated rings. The van der Waals surface area contributed by atoms with E-state index in [-0.39, 0.29) is 44.2 Å². The molecule has 0 spiro atoms. The molecule has 0 aromatic heterocycles. The van der Waals surface area contributed by atoms with Crippen LogP contribution in [-0.4, -0.2) is 30.1 Å². The molecule has 6 heteroatoms. The van der Waals surface area contributed by atoms with Crippen LogP contribution in [0.5, 0.6) is 0 Å². The first-order valence-electron chi connectivity index (χ1n) is 7.93. The Morgan fingerprint density at radius 2 is 1.87 bits per heavy atom. The number of carbonyl (C=O) groups excluding carboxylic acids is 1. The van der Waals surface area contributed by atoms with Crippen molar-refractivity contribution < 1.29 is 33.3 Å². The summed E-state index contributed by atoms with van der Waals surface area (Å²) in [5, 5.41) is 11.3. The summed E-state index contributed by atoms with van der Waals surface area (Å²) in [5.74, 6) is 1.48. The van der Waals surface area contributed by atoms with Gasteiger partial charge in [-0.2, -0.15) is 0 Å². The monoisotopic (exact) mass is 367 g/mol. The normalized spacial score (nSPS) is 17.5. The minimum Gasteiger partial charge on any atom is -0.481 e. The summed E-state index contributed by atoms with van der Waals surface area (Å²) in [6.45, 7) is 9.92. The second-order valence-corrected chi connectivity index (χ2v) is 6.83. The first-order valence-corrected chi connectivity index (χ1v) is 7.93. The molecular weight excluding hydrogens is 331 g/mol. The summed E-state index contributed by atoms with van der Waals surface area (Å²) < 4.78 is 0. The largest absolute Gasteiger partial charge is 0.481 e. The molecule has 1 heterocycles. The number of carboxylic acid groups (broad SMARTS) is 1. The van der Waals surface area contributed by atoms with Crippen LogP contribution in [0.2, 0.25) is 0 Å². The fourth-order valence-corrected chi connectivity index (χ4v) is 2.67. The van der Waals surface area contributed by atoms with Crippen LogP contribution < -0.4 is 11.1 Å². The Hall–Kier alpha value is -0.516. The maximum Gasteiger partial charge on any atom is 0.303 e. The average molecular weight is 367 g/mol. The van der Waals surface area contributed by atoms with Crippen molar-refractivity contribution in [1.29, 1.82) is 0 Å². The number of aliphatic carboxylic acids is 1. The van der Waals surface area contributed by atoms with E-state index < -0.39 is 5.97 Å². The van der Waals surface area contributed by atoms with E-state index in [4.69, 9.17) is 10.8 Å². The number of nitrogens with two attached hydrogens (primary N) is 1. The summed E-state index contributed by atoms with van der Waals surface area (Å²) in [6, 6.07) is 0. The Morgan fingerprint density at radius 1 is 1.30 bits per heavy atom. The Labute approximate surface area is 154 Å². The molecule has 23 heavy (non-hydrogen) atoms. The Kier molecular flexibility index (Phi) is 17.9. The molecular formula is C17H36N2O3V. The molecule has 0 aromatic carbocycles. The molecule has 1 aliphatic rings. The van der Waals surface area contributed by atoms with Gasteiger partial charge in [-0.25, -0.2) is 0 Å². The SMILES string of the molecule is C.CC(C)C[C@@H]1CNC(=O)C1.CC(C)C[C@H](CN)CC(=O)O.[V]. The van der Waals surface area contributed by atoms with Crippen LogP contribution >= 0.6 is 0 Å². The number of carbonyl (C=O) groups is 2. The molecule has 0 bridgehead atoms. The van der Waals surface area contributed by atoms with Gasteiger partial charge < -0.3 is 16.2 Å². The summed E-state index contributed by atoms with van der Waals surface area (Å²) >= 11 is 0. The van der Waals surface area contributed by atoms with Gasteiger partial charge in [-0.05, 0) is 43.1 Å². The molecule has 2 atom stereocenters. The smallest absolute Gasteiger partial charge is 0.303 e. The topological polar surface area (TPSA) is 92.4 Å². The zero-order valence-electron chi connectivity index (χ0n) is 14.3. The van der Waals surface area contributed by atoms with Crippen molar-refractivity contribution >= 4 is 11.9 Å². The second-order valence-electron chi connectivity index (χ2n) is 6.83. The van der Waals surface area contributed by atoms with Crippen LogP contribution in [0, 0.1) is 23.7 Å². The molecule has 137 valence electrons. The van der Waals surface area contributed by atoms with Crippen LogP contribution in [0.3, 0.4) is 0 Å². The number of nitrogens with one attached hydrogen (secondary N) is 1. The summed E-state index contributed by atoms with van der Waals surface area (Å²) in [4.78, 5) is 21.0. The van der Waals surface area contributed by atoms with E-state index in [1.807, 2.05) is 0 Å². The van der Waals surface area contributed by atoms with Crippen molar-refractivity contribution in [1.82, 2.24) is 5.32 Å². The molecule has 0 saturated carbocycles. The molecule has 1 radical (unpaired) electrons. The second kappa shape index (κ2) is 15.0. The van der Waals surface area contributed by atoms with Crippen LogP contribution in [0.15, 0.2) is 0 Å². The zero-order chi connectivity index (χ0) is 16.4. The third-order valence-corrected chi connectivity index (χ3v) is 3.47. The van der Waals surface area contributed by atoms with Gasteiger partial charge in [-0.15, -0.1) is 0 Å². The van der Waals surface area contributed by atoms with E-state index in [9.17, 15) is 9.59 Å². The predicted molar refractivity (Wildman–Crippen MR) is 91.6 cm³/mol. The van der Waals surface area contributed by atoms with Gasteiger partial charge in [0.2, 0.25) is 5.91 Å². The molecule has 1 aliphatic heterocycles. The Bertz CT molecular complexity index is 323. The molecule has 0 aromatic rings. The van der Waals surface area contributed by atoms with Crippen LogP contribution in [0.4, 0.5) is 0 Å². The molecule has 0 unspecified atom stereocenters. The number of amides is 1. The maximum absolute atomic E-state index is 10.7. The summed E-state index contributed by atoms with van der Waals surface area (Å²) in [6.07, 6.45) is 3.04. The molecule has 4 N–H and O–H groups in total. The third kappa shape index (κ3) is 16.1. The number of carboxylic acids is 1. The summed E-state index contributed by atoms with van der Waals surface area (Å²) in [7, 11) is 0. The summed E-state index contributed by atoms with van der Waals surface area (Å²) in [5.41, 5.74) is 5.41. The number of hydrogen-bond acceptors (Lipinski definition) is 3. The first kappa shape index (κ1) is 27.3. The third-order valence-electron chi connectivity index (χ3n) is 3.47. The number of hydrogen-bond donors (Lipinski definition) is 3. The van der Waals surface area contributed by atoms with E-state index >= 15 is 0 Å². The van der Waals surface area contributed by atoms with Crippen molar-refractivity contribution in [3.05, 3.63) is 0 Å². The van der Waals surface area contributed by atoms with Gasteiger partial charge in [-0.3, -0.25) is 9.59 Å². The van der Waals surface area contributed by atoms with Crippen molar-refractivity contribution in [2.24, 2.45) is 29.4 Å². The fraction of sp³-hybridized carbons (Fsp3) is 0.882. The van der Waals surface area contributed by atoms with Gasteiger partial charge in [0.15, 0.2) is 0 Å². The van der Waals surface area contributed by atoms with Gasteiger partial charge in [0.25, 0.3) is 0 Å². The van der Waals surface area contributed by atoms with Gasteiger partial charge in [-0.1, -0.05) is 35.1 Å². The minimum absolute atomic E-state index is 0. The van der Waals surface area contributed by atoms with Crippen LogP contribution in [-0.2, 0) is 28.1 Å². The quantitative estimate of drug-likeness (QED) is 0.645. The first-order chi connectivity index (χ1) is 9.74. The molecule has 1 amide bonds. The molecule has 1 rings (SSSR count). The van der Waals surface area contributed by atoms with Crippen LogP contribution in [0.1, 0.15) is 60.8 Å². The minimum atomic E-state index is -0.749. The fourth-order valence-electron chi connectivity index (χ4n) is 2.67. The van der Waals surface area contributed by atoms with E-state index in [0.29, 0.717) is 18.4 Å². The van der Waals surface area contributed by atoms with E-state index in [2.05, 4.69) is 33.0 Å². The Balaban J connectivity index is -0.000000321. The standard InChI is InChI=1S/C8H17NO2.C8H15NO.CH4.V/c1-6(2)3-7(5-9)4-8(10)11;1-6(2)3-7-4-8(10)9-5-7;;/h6-7H,3-5,9H2,1-2H3,(H,10,11);6-7H,3-5H2,1-2H3,(H,9,10);1H4;/t2*7-;;/m00../s1.